The molecule has 1 saturated carbocycles. The molecule has 1 fully saturated rings. The van der Waals surface area contributed by atoms with Crippen molar-refractivity contribution in [3.63, 3.8) is 0 Å². The van der Waals surface area contributed by atoms with Gasteiger partial charge in [-0.05, 0) is 68.1 Å². The lowest BCUT2D eigenvalue weighted by Crippen LogP contribution is -2.52. The summed E-state index contributed by atoms with van der Waals surface area (Å²) in [5.74, 6) is -0.190. The number of carbonyl (C=O) groups excluding carboxylic acids is 2. The molecule has 1 aliphatic heterocycles. The molecule has 2 aliphatic rings. The zero-order valence-electron chi connectivity index (χ0n) is 18.8. The van der Waals surface area contributed by atoms with E-state index in [1.54, 1.807) is 11.8 Å². The van der Waals surface area contributed by atoms with Crippen LogP contribution in [0.4, 0.5) is 20.6 Å². The molecular formula is C25H25FN4O3. The van der Waals surface area contributed by atoms with Crippen molar-refractivity contribution in [1.82, 2.24) is 9.78 Å². The molecule has 0 bridgehead atoms. The largest absolute Gasteiger partial charge is 0.419 e. The van der Waals surface area contributed by atoms with Gasteiger partial charge in [-0.2, -0.15) is 5.10 Å². The first-order valence-corrected chi connectivity index (χ1v) is 11.1. The van der Waals surface area contributed by atoms with Gasteiger partial charge < -0.3 is 9.64 Å². The molecule has 33 heavy (non-hydrogen) atoms. The van der Waals surface area contributed by atoms with E-state index in [1.165, 1.54) is 30.0 Å². The molecule has 0 saturated heterocycles. The number of aromatic nitrogens is 2. The summed E-state index contributed by atoms with van der Waals surface area (Å²) in [4.78, 5) is 28.8. The van der Waals surface area contributed by atoms with E-state index < -0.39 is 6.09 Å². The number of hydrogen-bond donors (Lipinski definition) is 0. The lowest BCUT2D eigenvalue weighted by Gasteiger charge is -2.40. The number of carbonyl (C=O) groups is 2. The highest BCUT2D eigenvalue weighted by molar-refractivity contribution is 6.03. The van der Waals surface area contributed by atoms with Gasteiger partial charge in [-0.3, -0.25) is 14.4 Å². The normalized spacial score (nSPS) is 17.6. The number of amides is 2. The van der Waals surface area contributed by atoms with Gasteiger partial charge in [-0.25, -0.2) is 9.18 Å². The molecule has 5 rings (SSSR count). The van der Waals surface area contributed by atoms with Gasteiger partial charge in [0.1, 0.15) is 11.6 Å². The molecule has 8 heteroatoms. The van der Waals surface area contributed by atoms with Gasteiger partial charge in [0, 0.05) is 25.2 Å². The van der Waals surface area contributed by atoms with Crippen LogP contribution >= 0.6 is 0 Å². The summed E-state index contributed by atoms with van der Waals surface area (Å²) in [5.41, 5.74) is 3.47. The van der Waals surface area contributed by atoms with Crippen molar-refractivity contribution in [1.29, 1.82) is 0 Å². The molecule has 2 aromatic carbocycles. The van der Waals surface area contributed by atoms with Gasteiger partial charge >= 0.3 is 6.09 Å². The lowest BCUT2D eigenvalue weighted by atomic mass is 10.0. The molecule has 0 N–H and O–H groups in total. The summed E-state index contributed by atoms with van der Waals surface area (Å²) in [6.45, 7) is 5.30. The van der Waals surface area contributed by atoms with Gasteiger partial charge in [0.25, 0.3) is 0 Å². The zero-order chi connectivity index (χ0) is 23.3. The topological polar surface area (TPSA) is 67.7 Å². The van der Waals surface area contributed by atoms with Crippen molar-refractivity contribution in [2.45, 2.75) is 45.7 Å². The van der Waals surface area contributed by atoms with Gasteiger partial charge in [-0.15, -0.1) is 0 Å². The first-order chi connectivity index (χ1) is 15.8. The number of ether oxygens (including phenoxy) is 1. The minimum absolute atomic E-state index is 0.0970. The number of rotatable bonds is 3. The van der Waals surface area contributed by atoms with E-state index in [2.05, 4.69) is 5.10 Å². The van der Waals surface area contributed by atoms with Crippen molar-refractivity contribution in [2.75, 3.05) is 16.3 Å². The van der Waals surface area contributed by atoms with E-state index in [1.807, 2.05) is 42.2 Å². The van der Waals surface area contributed by atoms with Crippen molar-refractivity contribution >= 4 is 23.4 Å². The highest BCUT2D eigenvalue weighted by Gasteiger charge is 2.35. The van der Waals surface area contributed by atoms with E-state index in [9.17, 15) is 14.0 Å². The summed E-state index contributed by atoms with van der Waals surface area (Å²) < 4.78 is 21.2. The minimum Gasteiger partial charge on any atom is -0.410 e. The summed E-state index contributed by atoms with van der Waals surface area (Å²) in [6.07, 6.45) is 5.52. The van der Waals surface area contributed by atoms with Gasteiger partial charge in [-0.1, -0.05) is 6.07 Å². The number of nitrogens with zero attached hydrogens (tertiary/aromatic N) is 4. The van der Waals surface area contributed by atoms with Crippen LogP contribution in [0.15, 0.2) is 48.8 Å². The molecule has 1 atom stereocenters. The van der Waals surface area contributed by atoms with Crippen LogP contribution in [0, 0.1) is 12.7 Å². The number of benzene rings is 2. The van der Waals surface area contributed by atoms with Crippen molar-refractivity contribution in [2.24, 2.45) is 0 Å². The molecule has 2 heterocycles. The highest BCUT2D eigenvalue weighted by atomic mass is 19.1. The van der Waals surface area contributed by atoms with Gasteiger partial charge in [0.2, 0.25) is 5.91 Å². The van der Waals surface area contributed by atoms with Crippen molar-refractivity contribution < 1.29 is 18.7 Å². The predicted octanol–water partition coefficient (Wildman–Crippen LogP) is 5.09. The van der Waals surface area contributed by atoms with Crippen LogP contribution in [-0.4, -0.2) is 34.4 Å². The molecule has 7 nitrogen and oxygen atoms in total. The van der Waals surface area contributed by atoms with Crippen molar-refractivity contribution in [3.05, 3.63) is 60.2 Å². The maximum absolute atomic E-state index is 13.6. The molecule has 170 valence electrons. The number of aryl methyl sites for hydroxylation is 1. The number of hydrogen-bond acceptors (Lipinski definition) is 4. The van der Waals surface area contributed by atoms with E-state index in [0.29, 0.717) is 23.0 Å². The maximum atomic E-state index is 13.6. The summed E-state index contributed by atoms with van der Waals surface area (Å²) in [6, 6.07) is 10.1. The van der Waals surface area contributed by atoms with Crippen LogP contribution in [0.25, 0.3) is 11.1 Å². The molecular weight excluding hydrogens is 423 g/mol. The monoisotopic (exact) mass is 448 g/mol. The lowest BCUT2D eigenvalue weighted by molar-refractivity contribution is -0.117. The third-order valence-electron chi connectivity index (χ3n) is 6.16. The second-order valence-corrected chi connectivity index (χ2v) is 8.77. The molecule has 1 aromatic heterocycles. The first-order valence-electron chi connectivity index (χ1n) is 11.1. The van der Waals surface area contributed by atoms with Crippen LogP contribution in [-0.2, 0) is 4.79 Å². The number of halogens is 1. The Bertz CT molecular complexity index is 1250. The predicted molar refractivity (Wildman–Crippen MR) is 123 cm³/mol. The molecule has 3 aromatic rings. The summed E-state index contributed by atoms with van der Waals surface area (Å²) in [7, 11) is 0. The highest BCUT2D eigenvalue weighted by Crippen LogP contribution is 2.40. The fourth-order valence-electron chi connectivity index (χ4n) is 4.32. The number of anilines is 2. The first kappa shape index (κ1) is 21.2. The van der Waals surface area contributed by atoms with Crippen LogP contribution in [0.1, 0.15) is 38.3 Å². The van der Waals surface area contributed by atoms with Crippen LogP contribution < -0.4 is 14.5 Å². The Morgan fingerprint density at radius 3 is 2.58 bits per heavy atom. The van der Waals surface area contributed by atoms with Gasteiger partial charge in [0.15, 0.2) is 0 Å². The Hall–Kier alpha value is -3.68. The van der Waals surface area contributed by atoms with E-state index in [4.69, 9.17) is 4.74 Å². The quantitative estimate of drug-likeness (QED) is 0.560. The molecule has 2 amide bonds. The molecule has 0 spiro atoms. The average Bonchev–Trinajstić information content (AvgIpc) is 3.51. The van der Waals surface area contributed by atoms with E-state index in [-0.39, 0.29) is 30.1 Å². The Morgan fingerprint density at radius 2 is 1.88 bits per heavy atom. The standard InChI is InChI=1S/C25H25FN4O3/c1-15-10-21(7-8-22(15)26)33-25(32)28-13-16(2)30(17(3)31)23-9-4-18(11-24(23)28)19-12-27-29(14-19)20-5-6-20/h4,7-12,14,16,20H,5-6,13H2,1-3H3/t16-/m0/s1. The maximum Gasteiger partial charge on any atom is 0.419 e. The fourth-order valence-corrected chi connectivity index (χ4v) is 4.32. The van der Waals surface area contributed by atoms with Crippen LogP contribution in [0.5, 0.6) is 5.75 Å². The van der Waals surface area contributed by atoms with Crippen molar-refractivity contribution in [3.8, 4) is 16.9 Å². The summed E-state index contributed by atoms with van der Waals surface area (Å²) in [5, 5.41) is 4.46. The zero-order valence-corrected chi connectivity index (χ0v) is 18.8. The minimum atomic E-state index is -0.580. The van der Waals surface area contributed by atoms with Gasteiger partial charge in [0.05, 0.1) is 29.7 Å². The SMILES string of the molecule is CC(=O)N1c2ccc(-c3cnn(C4CC4)c3)cc2N(C(=O)Oc2ccc(F)c(C)c2)C[C@@H]1C. The van der Waals surface area contributed by atoms with E-state index in [0.717, 1.165) is 24.0 Å². The summed E-state index contributed by atoms with van der Waals surface area (Å²) >= 11 is 0. The third-order valence-corrected chi connectivity index (χ3v) is 6.16. The Morgan fingerprint density at radius 1 is 1.09 bits per heavy atom. The fraction of sp³-hybridized carbons (Fsp3) is 0.320. The Balaban J connectivity index is 1.51. The molecule has 0 unspecified atom stereocenters. The van der Waals surface area contributed by atoms with Crippen LogP contribution in [0.3, 0.4) is 0 Å². The number of fused-ring (bicyclic) bond motifs is 1. The molecule has 0 radical (unpaired) electrons. The third kappa shape index (κ3) is 3.97. The van der Waals surface area contributed by atoms with Crippen LogP contribution in [0.2, 0.25) is 0 Å². The smallest absolute Gasteiger partial charge is 0.410 e. The second kappa shape index (κ2) is 8.03. The second-order valence-electron chi connectivity index (χ2n) is 8.77. The Labute approximate surface area is 191 Å². The Kier molecular flexibility index (Phi) is 5.15. The molecule has 1 aliphatic carbocycles. The average molecular weight is 448 g/mol. The van der Waals surface area contributed by atoms with E-state index >= 15 is 0 Å².